The van der Waals surface area contributed by atoms with Gasteiger partial charge in [0.25, 0.3) is 0 Å². The molecule has 1 N–H and O–H groups in total. The predicted molar refractivity (Wildman–Crippen MR) is 101 cm³/mol. The summed E-state index contributed by atoms with van der Waals surface area (Å²) in [5.41, 5.74) is 3.25. The van der Waals surface area contributed by atoms with Gasteiger partial charge < -0.3 is 14.6 Å². The molecule has 0 saturated heterocycles. The molecule has 0 radical (unpaired) electrons. The molecule has 0 bridgehead atoms. The molecule has 3 aromatic rings. The molecule has 0 aliphatic heterocycles. The minimum atomic E-state index is 0.456. The summed E-state index contributed by atoms with van der Waals surface area (Å²) < 4.78 is 7.84. The number of ether oxygens (including phenoxy) is 1. The molecule has 2 heterocycles. The van der Waals surface area contributed by atoms with Crippen LogP contribution < -0.4 is 10.1 Å². The molecule has 0 saturated carbocycles. The number of hydrogen-bond donors (Lipinski definition) is 1. The Morgan fingerprint density at radius 3 is 3.04 bits per heavy atom. The molecule has 0 amide bonds. The fraction of sp³-hybridized carbons (Fsp3) is 0.300. The molecule has 5 heteroatoms. The molecule has 2 aromatic heterocycles. The zero-order valence-electron chi connectivity index (χ0n) is 14.6. The number of nitrogens with zero attached hydrogens (tertiary/aromatic N) is 3. The van der Waals surface area contributed by atoms with Gasteiger partial charge >= 0.3 is 0 Å². The Balaban J connectivity index is 1.65. The van der Waals surface area contributed by atoms with Gasteiger partial charge in [0.05, 0.1) is 11.8 Å². The van der Waals surface area contributed by atoms with E-state index in [4.69, 9.17) is 4.74 Å². The lowest BCUT2D eigenvalue weighted by Crippen LogP contribution is -2.17. The number of pyridine rings is 1. The topological polar surface area (TPSA) is 52.0 Å². The van der Waals surface area contributed by atoms with E-state index in [-0.39, 0.29) is 0 Å². The van der Waals surface area contributed by atoms with Gasteiger partial charge in [-0.15, -0.1) is 0 Å². The van der Waals surface area contributed by atoms with Crippen LogP contribution in [0.1, 0.15) is 17.5 Å². The summed E-state index contributed by atoms with van der Waals surface area (Å²) in [4.78, 5) is 8.73. The first-order valence-corrected chi connectivity index (χ1v) is 8.56. The summed E-state index contributed by atoms with van der Waals surface area (Å²) in [5.74, 6) is 0.679. The molecule has 0 unspecified atom stereocenters. The Labute approximate surface area is 148 Å². The lowest BCUT2D eigenvalue weighted by molar-refractivity contribution is 0.344. The van der Waals surface area contributed by atoms with E-state index in [1.807, 2.05) is 18.6 Å². The first-order chi connectivity index (χ1) is 12.3. The standard InChI is InChI=1S/C20H24N4O/c1-3-11-25-20-18(13-17-12-16(2)5-6-19(17)23-20)14-21-7-4-9-24-10-8-22-15-24/h3,5-6,8,10,12-13,15,21H,1,4,7,9,11,14H2,2H3. The second kappa shape index (κ2) is 8.44. The van der Waals surface area contributed by atoms with Crippen LogP contribution in [0.15, 0.2) is 55.6 Å². The van der Waals surface area contributed by atoms with E-state index in [1.54, 1.807) is 12.3 Å². The van der Waals surface area contributed by atoms with E-state index < -0.39 is 0 Å². The van der Waals surface area contributed by atoms with Gasteiger partial charge in [-0.2, -0.15) is 0 Å². The summed E-state index contributed by atoms with van der Waals surface area (Å²) in [7, 11) is 0. The highest BCUT2D eigenvalue weighted by molar-refractivity contribution is 5.80. The average Bonchev–Trinajstić information content (AvgIpc) is 3.13. The number of imidazole rings is 1. The van der Waals surface area contributed by atoms with Crippen molar-refractivity contribution >= 4 is 10.9 Å². The van der Waals surface area contributed by atoms with Crippen molar-refractivity contribution in [3.8, 4) is 5.88 Å². The molecule has 25 heavy (non-hydrogen) atoms. The zero-order chi connectivity index (χ0) is 17.5. The van der Waals surface area contributed by atoms with E-state index in [2.05, 4.69) is 51.6 Å². The van der Waals surface area contributed by atoms with Gasteiger partial charge in [0.2, 0.25) is 5.88 Å². The third-order valence-electron chi connectivity index (χ3n) is 3.99. The van der Waals surface area contributed by atoms with Crippen molar-refractivity contribution in [1.82, 2.24) is 19.9 Å². The quantitative estimate of drug-likeness (QED) is 0.480. The third-order valence-corrected chi connectivity index (χ3v) is 3.99. The van der Waals surface area contributed by atoms with Crippen LogP contribution in [0.3, 0.4) is 0 Å². The highest BCUT2D eigenvalue weighted by atomic mass is 16.5. The van der Waals surface area contributed by atoms with Gasteiger partial charge in [0.1, 0.15) is 6.61 Å². The second-order valence-electron chi connectivity index (χ2n) is 6.08. The predicted octanol–water partition coefficient (Wildman–Crippen LogP) is 3.48. The maximum atomic E-state index is 5.76. The van der Waals surface area contributed by atoms with Crippen molar-refractivity contribution in [3.63, 3.8) is 0 Å². The number of benzene rings is 1. The lowest BCUT2D eigenvalue weighted by Gasteiger charge is -2.12. The molecule has 1 aromatic carbocycles. The SMILES string of the molecule is C=CCOc1nc2ccc(C)cc2cc1CNCCCn1ccnc1. The largest absolute Gasteiger partial charge is 0.473 e. The normalized spacial score (nSPS) is 10.9. The van der Waals surface area contributed by atoms with E-state index in [1.165, 1.54) is 5.56 Å². The molecule has 5 nitrogen and oxygen atoms in total. The van der Waals surface area contributed by atoms with Crippen LogP contribution in [-0.2, 0) is 13.1 Å². The molecule has 3 rings (SSSR count). The van der Waals surface area contributed by atoms with Crippen LogP contribution in [0.2, 0.25) is 0 Å². The van der Waals surface area contributed by atoms with Gasteiger partial charge in [0.15, 0.2) is 0 Å². The van der Waals surface area contributed by atoms with Crippen molar-refractivity contribution in [3.05, 3.63) is 66.8 Å². The first kappa shape index (κ1) is 17.2. The molecule has 0 aliphatic carbocycles. The summed E-state index contributed by atoms with van der Waals surface area (Å²) in [6.45, 7) is 8.87. The molecule has 130 valence electrons. The van der Waals surface area contributed by atoms with Crippen molar-refractivity contribution in [2.75, 3.05) is 13.2 Å². The number of rotatable bonds is 9. The third kappa shape index (κ3) is 4.67. The molecule has 0 atom stereocenters. The molecular weight excluding hydrogens is 312 g/mol. The Morgan fingerprint density at radius 1 is 1.32 bits per heavy atom. The first-order valence-electron chi connectivity index (χ1n) is 8.56. The zero-order valence-corrected chi connectivity index (χ0v) is 14.6. The monoisotopic (exact) mass is 336 g/mol. The number of nitrogens with one attached hydrogen (secondary N) is 1. The van der Waals surface area contributed by atoms with Crippen LogP contribution >= 0.6 is 0 Å². The van der Waals surface area contributed by atoms with Crippen LogP contribution in [0, 0.1) is 6.92 Å². The highest BCUT2D eigenvalue weighted by Crippen LogP contribution is 2.23. The van der Waals surface area contributed by atoms with Crippen LogP contribution in [0.5, 0.6) is 5.88 Å². The minimum absolute atomic E-state index is 0.456. The van der Waals surface area contributed by atoms with Gasteiger partial charge in [-0.1, -0.05) is 24.3 Å². The van der Waals surface area contributed by atoms with E-state index in [0.29, 0.717) is 12.5 Å². The number of hydrogen-bond acceptors (Lipinski definition) is 4. The Bertz CT molecular complexity index is 827. The molecule has 0 aliphatic rings. The molecular formula is C20H24N4O. The summed E-state index contributed by atoms with van der Waals surface area (Å²) in [6.07, 6.45) is 8.41. The van der Waals surface area contributed by atoms with Gasteiger partial charge in [-0.25, -0.2) is 9.97 Å². The molecule has 0 fully saturated rings. The van der Waals surface area contributed by atoms with Gasteiger partial charge in [0, 0.05) is 36.4 Å². The highest BCUT2D eigenvalue weighted by Gasteiger charge is 2.08. The summed E-state index contributed by atoms with van der Waals surface area (Å²) in [5, 5.41) is 4.62. The average molecular weight is 336 g/mol. The second-order valence-corrected chi connectivity index (χ2v) is 6.08. The fourth-order valence-corrected chi connectivity index (χ4v) is 2.74. The van der Waals surface area contributed by atoms with E-state index in [0.717, 1.165) is 42.5 Å². The Hall–Kier alpha value is -2.66. The van der Waals surface area contributed by atoms with Crippen LogP contribution in [0.4, 0.5) is 0 Å². The van der Waals surface area contributed by atoms with E-state index in [9.17, 15) is 0 Å². The van der Waals surface area contributed by atoms with Gasteiger partial charge in [-0.05, 0) is 38.1 Å². The number of aryl methyl sites for hydroxylation is 2. The lowest BCUT2D eigenvalue weighted by atomic mass is 10.1. The number of fused-ring (bicyclic) bond motifs is 1. The summed E-state index contributed by atoms with van der Waals surface area (Å²) in [6, 6.07) is 8.42. The van der Waals surface area contributed by atoms with Crippen LogP contribution in [0.25, 0.3) is 10.9 Å². The molecule has 0 spiro atoms. The fourth-order valence-electron chi connectivity index (χ4n) is 2.74. The van der Waals surface area contributed by atoms with Crippen LogP contribution in [-0.4, -0.2) is 27.7 Å². The maximum Gasteiger partial charge on any atom is 0.218 e. The summed E-state index contributed by atoms with van der Waals surface area (Å²) >= 11 is 0. The number of aromatic nitrogens is 3. The van der Waals surface area contributed by atoms with Gasteiger partial charge in [-0.3, -0.25) is 0 Å². The van der Waals surface area contributed by atoms with Crippen molar-refractivity contribution in [2.45, 2.75) is 26.4 Å². The Morgan fingerprint density at radius 2 is 2.24 bits per heavy atom. The van der Waals surface area contributed by atoms with Crippen molar-refractivity contribution in [2.24, 2.45) is 0 Å². The van der Waals surface area contributed by atoms with Crippen molar-refractivity contribution in [1.29, 1.82) is 0 Å². The smallest absolute Gasteiger partial charge is 0.218 e. The maximum absolute atomic E-state index is 5.76. The Kier molecular flexibility index (Phi) is 5.80. The minimum Gasteiger partial charge on any atom is -0.473 e. The van der Waals surface area contributed by atoms with E-state index >= 15 is 0 Å². The van der Waals surface area contributed by atoms with Crippen molar-refractivity contribution < 1.29 is 4.74 Å².